The number of aliphatic carboxylic acids is 1. The number of nitrogens with one attached hydrogen (secondary N) is 2. The van der Waals surface area contributed by atoms with Gasteiger partial charge in [0.05, 0.1) is 0 Å². The van der Waals surface area contributed by atoms with E-state index in [1.165, 1.54) is 6.92 Å². The Morgan fingerprint density at radius 2 is 1.80 bits per heavy atom. The largest absolute Gasteiger partial charge is 0.480 e. The molecular weight excluding hydrogens is 256 g/mol. The normalized spacial score (nSPS) is 13.4. The van der Waals surface area contributed by atoms with E-state index in [1.54, 1.807) is 6.92 Å². The molecule has 3 N–H and O–H groups in total. The summed E-state index contributed by atoms with van der Waals surface area (Å²) in [5.41, 5.74) is 2.00. The van der Waals surface area contributed by atoms with E-state index in [-0.39, 0.29) is 0 Å². The van der Waals surface area contributed by atoms with Crippen molar-refractivity contribution in [1.29, 1.82) is 0 Å². The number of carbonyl (C=O) groups excluding carboxylic acids is 1. The maximum Gasteiger partial charge on any atom is 0.329 e. The predicted octanol–water partition coefficient (Wildman–Crippen LogP) is 2.36. The molecule has 0 bridgehead atoms. The molecule has 110 valence electrons. The van der Waals surface area contributed by atoms with E-state index in [0.717, 1.165) is 16.7 Å². The van der Waals surface area contributed by atoms with Gasteiger partial charge in [0.15, 0.2) is 0 Å². The van der Waals surface area contributed by atoms with E-state index in [4.69, 9.17) is 5.11 Å². The average molecular weight is 278 g/mol. The number of carboxylic acids is 1. The van der Waals surface area contributed by atoms with E-state index in [2.05, 4.69) is 10.6 Å². The van der Waals surface area contributed by atoms with Crippen molar-refractivity contribution in [3.05, 3.63) is 34.9 Å². The lowest BCUT2D eigenvalue weighted by Gasteiger charge is -2.24. The van der Waals surface area contributed by atoms with Gasteiger partial charge >= 0.3 is 12.0 Å². The van der Waals surface area contributed by atoms with Crippen molar-refractivity contribution in [2.75, 3.05) is 0 Å². The summed E-state index contributed by atoms with van der Waals surface area (Å²) in [6, 6.07) is 5.46. The molecule has 5 heteroatoms. The molecule has 0 aromatic heterocycles. The first-order valence-electron chi connectivity index (χ1n) is 6.64. The van der Waals surface area contributed by atoms with Gasteiger partial charge in [-0.15, -0.1) is 0 Å². The van der Waals surface area contributed by atoms with Crippen LogP contribution in [0.3, 0.4) is 0 Å². The summed E-state index contributed by atoms with van der Waals surface area (Å²) in [6.07, 6.45) is 0.319. The van der Waals surface area contributed by atoms with E-state index in [0.29, 0.717) is 13.0 Å². The zero-order valence-corrected chi connectivity index (χ0v) is 12.4. The molecule has 0 fully saturated rings. The van der Waals surface area contributed by atoms with E-state index in [1.807, 2.05) is 32.0 Å². The first-order chi connectivity index (χ1) is 9.30. The summed E-state index contributed by atoms with van der Waals surface area (Å²) in [5.74, 6) is -1.04. The second-order valence-corrected chi connectivity index (χ2v) is 5.17. The highest BCUT2D eigenvalue weighted by Crippen LogP contribution is 2.13. The minimum absolute atomic E-state index is 0.319. The lowest BCUT2D eigenvalue weighted by molar-refractivity contribution is -0.143. The summed E-state index contributed by atoms with van der Waals surface area (Å²) < 4.78 is 0. The number of benzene rings is 1. The number of hydrogen-bond acceptors (Lipinski definition) is 2. The molecule has 2 amide bonds. The van der Waals surface area contributed by atoms with Gasteiger partial charge in [-0.05, 0) is 43.9 Å². The van der Waals surface area contributed by atoms with Crippen molar-refractivity contribution in [3.63, 3.8) is 0 Å². The molecule has 0 aliphatic rings. The minimum Gasteiger partial charge on any atom is -0.480 e. The van der Waals surface area contributed by atoms with Crippen LogP contribution in [0.4, 0.5) is 4.79 Å². The SMILES string of the molecule is CCC(C)(NC(=O)NCc1c(C)cccc1C)C(=O)O. The second kappa shape index (κ2) is 6.41. The molecule has 0 saturated carbocycles. The molecule has 0 spiro atoms. The second-order valence-electron chi connectivity index (χ2n) is 5.17. The van der Waals surface area contributed by atoms with Gasteiger partial charge in [0.25, 0.3) is 0 Å². The zero-order chi connectivity index (χ0) is 15.3. The van der Waals surface area contributed by atoms with Gasteiger partial charge in [-0.3, -0.25) is 0 Å². The van der Waals surface area contributed by atoms with Gasteiger partial charge in [0.2, 0.25) is 0 Å². The Morgan fingerprint density at radius 1 is 1.25 bits per heavy atom. The molecule has 0 radical (unpaired) electrons. The fourth-order valence-corrected chi connectivity index (χ4v) is 1.88. The van der Waals surface area contributed by atoms with E-state index < -0.39 is 17.5 Å². The van der Waals surface area contributed by atoms with Gasteiger partial charge in [-0.1, -0.05) is 25.1 Å². The van der Waals surface area contributed by atoms with Gasteiger partial charge in [0, 0.05) is 6.54 Å². The highest BCUT2D eigenvalue weighted by Gasteiger charge is 2.32. The molecule has 1 aromatic rings. The Bertz CT molecular complexity index is 494. The van der Waals surface area contributed by atoms with Crippen LogP contribution in [0.5, 0.6) is 0 Å². The molecule has 0 aliphatic heterocycles. The van der Waals surface area contributed by atoms with E-state index >= 15 is 0 Å². The van der Waals surface area contributed by atoms with Crippen molar-refractivity contribution in [1.82, 2.24) is 10.6 Å². The molecule has 1 aromatic carbocycles. The first-order valence-corrected chi connectivity index (χ1v) is 6.64. The highest BCUT2D eigenvalue weighted by atomic mass is 16.4. The molecule has 1 unspecified atom stereocenters. The van der Waals surface area contributed by atoms with Gasteiger partial charge < -0.3 is 15.7 Å². The molecule has 0 heterocycles. The third-order valence-corrected chi connectivity index (χ3v) is 3.64. The van der Waals surface area contributed by atoms with Crippen LogP contribution in [0.1, 0.15) is 37.0 Å². The Hall–Kier alpha value is -2.04. The van der Waals surface area contributed by atoms with Crippen molar-refractivity contribution < 1.29 is 14.7 Å². The van der Waals surface area contributed by atoms with Crippen molar-refractivity contribution in [2.24, 2.45) is 0 Å². The Balaban J connectivity index is 2.67. The Morgan fingerprint density at radius 3 is 2.25 bits per heavy atom. The third kappa shape index (κ3) is 3.73. The lowest BCUT2D eigenvalue weighted by Crippen LogP contribution is -2.54. The highest BCUT2D eigenvalue weighted by molar-refractivity contribution is 5.85. The lowest BCUT2D eigenvalue weighted by atomic mass is 10.00. The molecular formula is C15H22N2O3. The summed E-state index contributed by atoms with van der Waals surface area (Å²) in [4.78, 5) is 23.0. The van der Waals surface area contributed by atoms with E-state index in [9.17, 15) is 9.59 Å². The number of amides is 2. The topological polar surface area (TPSA) is 78.4 Å². The van der Waals surface area contributed by atoms with Crippen LogP contribution in [0.15, 0.2) is 18.2 Å². The molecule has 0 saturated heterocycles. The number of aryl methyl sites for hydroxylation is 2. The van der Waals surface area contributed by atoms with Crippen LogP contribution < -0.4 is 10.6 Å². The van der Waals surface area contributed by atoms with Crippen molar-refractivity contribution >= 4 is 12.0 Å². The zero-order valence-electron chi connectivity index (χ0n) is 12.4. The Labute approximate surface area is 119 Å². The molecule has 0 aliphatic carbocycles. The van der Waals surface area contributed by atoms with Gasteiger partial charge in [-0.25, -0.2) is 9.59 Å². The molecule has 1 rings (SSSR count). The fourth-order valence-electron chi connectivity index (χ4n) is 1.88. The average Bonchev–Trinajstić information content (AvgIpc) is 2.37. The van der Waals surface area contributed by atoms with Gasteiger partial charge in [-0.2, -0.15) is 0 Å². The maximum absolute atomic E-state index is 11.8. The molecule has 1 atom stereocenters. The summed E-state index contributed by atoms with van der Waals surface area (Å²) in [6.45, 7) is 7.56. The summed E-state index contributed by atoms with van der Waals surface area (Å²) in [7, 11) is 0. The fraction of sp³-hybridized carbons (Fsp3) is 0.467. The third-order valence-electron chi connectivity index (χ3n) is 3.64. The number of carboxylic acid groups (broad SMARTS) is 1. The van der Waals surface area contributed by atoms with Gasteiger partial charge in [0.1, 0.15) is 5.54 Å². The molecule has 20 heavy (non-hydrogen) atoms. The summed E-state index contributed by atoms with van der Waals surface area (Å²) in [5, 5.41) is 14.3. The van der Waals surface area contributed by atoms with Crippen LogP contribution in [-0.4, -0.2) is 22.6 Å². The Kier molecular flexibility index (Phi) is 5.13. The number of rotatable bonds is 5. The first kappa shape index (κ1) is 16.0. The maximum atomic E-state index is 11.8. The van der Waals surface area contributed by atoms with Crippen molar-refractivity contribution in [3.8, 4) is 0 Å². The van der Waals surface area contributed by atoms with Crippen molar-refractivity contribution in [2.45, 2.75) is 46.2 Å². The quantitative estimate of drug-likeness (QED) is 0.773. The molecule has 5 nitrogen and oxygen atoms in total. The predicted molar refractivity (Wildman–Crippen MR) is 77.6 cm³/mol. The number of urea groups is 1. The number of hydrogen-bond donors (Lipinski definition) is 3. The van der Waals surface area contributed by atoms with Crippen LogP contribution in [0, 0.1) is 13.8 Å². The van der Waals surface area contributed by atoms with Crippen LogP contribution >= 0.6 is 0 Å². The number of carbonyl (C=O) groups is 2. The summed E-state index contributed by atoms with van der Waals surface area (Å²) >= 11 is 0. The van der Waals surface area contributed by atoms with Crippen LogP contribution in [0.25, 0.3) is 0 Å². The van der Waals surface area contributed by atoms with Crippen LogP contribution in [0.2, 0.25) is 0 Å². The smallest absolute Gasteiger partial charge is 0.329 e. The minimum atomic E-state index is -1.25. The standard InChI is InChI=1S/C15H22N2O3/c1-5-15(4,13(18)19)17-14(20)16-9-12-10(2)7-6-8-11(12)3/h6-8H,5,9H2,1-4H3,(H,18,19)(H2,16,17,20). The monoisotopic (exact) mass is 278 g/mol. The van der Waals surface area contributed by atoms with Crippen LogP contribution in [-0.2, 0) is 11.3 Å².